The fourth-order valence-electron chi connectivity index (χ4n) is 1.98. The Labute approximate surface area is 185 Å². The summed E-state index contributed by atoms with van der Waals surface area (Å²) in [7, 11) is 0. The number of carboxylic acids is 1. The van der Waals surface area contributed by atoms with Gasteiger partial charge in [-0.1, -0.05) is 15.9 Å². The lowest BCUT2D eigenvalue weighted by Gasteiger charge is -2.10. The number of benzene rings is 2. The Kier molecular flexibility index (Phi) is 7.82. The Morgan fingerprint density at radius 3 is 2.48 bits per heavy atom. The van der Waals surface area contributed by atoms with Crippen molar-refractivity contribution in [2.45, 2.75) is 0 Å². The highest BCUT2D eigenvalue weighted by molar-refractivity contribution is 14.1. The van der Waals surface area contributed by atoms with Crippen molar-refractivity contribution in [1.82, 2.24) is 0 Å². The van der Waals surface area contributed by atoms with Gasteiger partial charge in [0.05, 0.1) is 8.04 Å². The number of rotatable bonds is 6. The number of nitrogens with one attached hydrogen (secondary N) is 1. The normalized spacial score (nSPS) is 10.8. The number of nitrogens with zero attached hydrogens (tertiary/aromatic N) is 1. The van der Waals surface area contributed by atoms with Crippen LogP contribution in [0.3, 0.4) is 0 Å². The summed E-state index contributed by atoms with van der Waals surface area (Å²) in [5.41, 5.74) is 1.09. The molecule has 0 heterocycles. The number of halogens is 3. The maximum atomic E-state index is 12.3. The smallest absolute Gasteiger partial charge is 0.341 e. The second-order valence-electron chi connectivity index (χ2n) is 5.13. The molecule has 0 aliphatic heterocycles. The first-order valence-electron chi connectivity index (χ1n) is 7.32. The SMILES string of the molecule is N#C/C(=C/c1cc(Br)c(OCC(=O)O)c(I)c1)C(=O)Nc1ccc(Br)cc1. The molecule has 0 atom stereocenters. The van der Waals surface area contributed by atoms with Crippen LogP contribution in [0, 0.1) is 14.9 Å². The highest BCUT2D eigenvalue weighted by atomic mass is 127. The quantitative estimate of drug-likeness (QED) is 0.279. The number of carbonyl (C=O) groups excluding carboxylic acids is 1. The number of carboxylic acid groups (broad SMARTS) is 1. The molecule has 0 spiro atoms. The summed E-state index contributed by atoms with van der Waals surface area (Å²) < 4.78 is 7.26. The molecule has 0 unspecified atom stereocenters. The fourth-order valence-corrected chi connectivity index (χ4v) is 4.01. The molecule has 0 saturated heterocycles. The van der Waals surface area contributed by atoms with Crippen molar-refractivity contribution >= 4 is 78.1 Å². The topological polar surface area (TPSA) is 99.4 Å². The third kappa shape index (κ3) is 6.34. The molecule has 27 heavy (non-hydrogen) atoms. The van der Waals surface area contributed by atoms with E-state index in [-0.39, 0.29) is 5.57 Å². The van der Waals surface area contributed by atoms with Crippen LogP contribution in [-0.2, 0) is 9.59 Å². The molecule has 0 aliphatic rings. The van der Waals surface area contributed by atoms with E-state index >= 15 is 0 Å². The summed E-state index contributed by atoms with van der Waals surface area (Å²) in [5, 5.41) is 20.7. The van der Waals surface area contributed by atoms with Gasteiger partial charge in [0, 0.05) is 10.2 Å². The standard InChI is InChI=1S/C18H11Br2IN2O4/c19-12-1-3-13(4-2-12)23-18(26)11(8-22)5-10-6-14(20)17(15(21)7-10)27-9-16(24)25/h1-7H,9H2,(H,23,26)(H,24,25)/b11-5-. The second-order valence-corrected chi connectivity index (χ2v) is 8.06. The first kappa shape index (κ1) is 21.4. The summed E-state index contributed by atoms with van der Waals surface area (Å²) in [6, 6.07) is 12.2. The van der Waals surface area contributed by atoms with Crippen LogP contribution in [0.1, 0.15) is 5.56 Å². The summed E-state index contributed by atoms with van der Waals surface area (Å²) in [4.78, 5) is 23.0. The fraction of sp³-hybridized carbons (Fsp3) is 0.0556. The number of nitriles is 1. The van der Waals surface area contributed by atoms with Crippen molar-refractivity contribution in [3.05, 3.63) is 60.1 Å². The highest BCUT2D eigenvalue weighted by Gasteiger charge is 2.13. The Bertz CT molecular complexity index is 930. The molecule has 2 rings (SSSR count). The van der Waals surface area contributed by atoms with Crippen molar-refractivity contribution in [2.75, 3.05) is 11.9 Å². The molecule has 0 aromatic heterocycles. The van der Waals surface area contributed by atoms with Crippen molar-refractivity contribution in [3.8, 4) is 11.8 Å². The van der Waals surface area contributed by atoms with E-state index in [1.54, 1.807) is 36.4 Å². The Balaban J connectivity index is 2.23. The molecule has 6 nitrogen and oxygen atoms in total. The molecule has 0 bridgehead atoms. The van der Waals surface area contributed by atoms with E-state index < -0.39 is 18.5 Å². The Morgan fingerprint density at radius 1 is 1.26 bits per heavy atom. The molecule has 0 radical (unpaired) electrons. The third-order valence-electron chi connectivity index (χ3n) is 3.14. The molecule has 2 aromatic carbocycles. The number of amides is 1. The maximum absolute atomic E-state index is 12.3. The summed E-state index contributed by atoms with van der Waals surface area (Å²) in [6.07, 6.45) is 1.45. The van der Waals surface area contributed by atoms with Gasteiger partial charge in [0.1, 0.15) is 17.4 Å². The van der Waals surface area contributed by atoms with E-state index in [1.165, 1.54) is 6.08 Å². The minimum atomic E-state index is -1.09. The van der Waals surface area contributed by atoms with Crippen molar-refractivity contribution in [3.63, 3.8) is 0 Å². The lowest BCUT2D eigenvalue weighted by atomic mass is 10.1. The van der Waals surface area contributed by atoms with Gasteiger partial charge >= 0.3 is 5.97 Å². The zero-order valence-corrected chi connectivity index (χ0v) is 18.8. The van der Waals surface area contributed by atoms with Crippen LogP contribution in [0.15, 0.2) is 50.9 Å². The minimum Gasteiger partial charge on any atom is -0.480 e. The van der Waals surface area contributed by atoms with Gasteiger partial charge in [-0.2, -0.15) is 5.26 Å². The predicted octanol–water partition coefficient (Wildman–Crippen LogP) is 4.83. The van der Waals surface area contributed by atoms with Gasteiger partial charge in [-0.3, -0.25) is 4.79 Å². The number of aliphatic carboxylic acids is 1. The highest BCUT2D eigenvalue weighted by Crippen LogP contribution is 2.32. The molecule has 9 heteroatoms. The Morgan fingerprint density at radius 2 is 1.93 bits per heavy atom. The molecule has 2 aromatic rings. The van der Waals surface area contributed by atoms with E-state index in [1.807, 2.05) is 28.7 Å². The van der Waals surface area contributed by atoms with Gasteiger partial charge < -0.3 is 15.2 Å². The van der Waals surface area contributed by atoms with Crippen molar-refractivity contribution in [1.29, 1.82) is 5.26 Å². The van der Waals surface area contributed by atoms with E-state index in [0.717, 1.165) is 4.47 Å². The number of hydrogen-bond acceptors (Lipinski definition) is 4. The Hall–Kier alpha value is -1.90. The third-order valence-corrected chi connectivity index (χ3v) is 5.06. The van der Waals surface area contributed by atoms with Crippen LogP contribution < -0.4 is 10.1 Å². The predicted molar refractivity (Wildman–Crippen MR) is 116 cm³/mol. The minimum absolute atomic E-state index is 0.0696. The zero-order valence-electron chi connectivity index (χ0n) is 13.5. The van der Waals surface area contributed by atoms with Crippen molar-refractivity contribution in [2.24, 2.45) is 0 Å². The van der Waals surface area contributed by atoms with E-state index in [2.05, 4.69) is 37.2 Å². The molecule has 2 N–H and O–H groups in total. The van der Waals surface area contributed by atoms with Crippen molar-refractivity contribution < 1.29 is 19.4 Å². The van der Waals surface area contributed by atoms with E-state index in [4.69, 9.17) is 9.84 Å². The van der Waals surface area contributed by atoms with Gasteiger partial charge in [-0.05, 0) is 86.6 Å². The monoisotopic (exact) mass is 604 g/mol. The first-order chi connectivity index (χ1) is 12.8. The second kappa shape index (κ2) is 9.87. The molecular weight excluding hydrogens is 595 g/mol. The maximum Gasteiger partial charge on any atom is 0.341 e. The molecule has 1 amide bonds. The molecular formula is C18H11Br2IN2O4. The number of anilines is 1. The van der Waals surface area contributed by atoms with Gasteiger partial charge in [0.2, 0.25) is 0 Å². The van der Waals surface area contributed by atoms with E-state index in [0.29, 0.717) is 25.0 Å². The summed E-state index contributed by atoms with van der Waals surface area (Å²) in [5.74, 6) is -1.23. The van der Waals surface area contributed by atoms with Crippen LogP contribution in [0.25, 0.3) is 6.08 Å². The number of hydrogen-bond donors (Lipinski definition) is 2. The lowest BCUT2D eigenvalue weighted by Crippen LogP contribution is -2.13. The largest absolute Gasteiger partial charge is 0.480 e. The number of carbonyl (C=O) groups is 2. The van der Waals surface area contributed by atoms with Crippen LogP contribution in [0.4, 0.5) is 5.69 Å². The van der Waals surface area contributed by atoms with E-state index in [9.17, 15) is 14.9 Å². The van der Waals surface area contributed by atoms with Gasteiger partial charge in [-0.15, -0.1) is 0 Å². The summed E-state index contributed by atoms with van der Waals surface area (Å²) in [6.45, 7) is -0.469. The lowest BCUT2D eigenvalue weighted by molar-refractivity contribution is -0.139. The first-order valence-corrected chi connectivity index (χ1v) is 9.99. The molecule has 138 valence electrons. The van der Waals surface area contributed by atoms with Crippen LogP contribution in [0.2, 0.25) is 0 Å². The molecule has 0 fully saturated rings. The summed E-state index contributed by atoms with van der Waals surface area (Å²) >= 11 is 8.62. The average molecular weight is 606 g/mol. The van der Waals surface area contributed by atoms with Gasteiger partial charge in [-0.25, -0.2) is 4.79 Å². The van der Waals surface area contributed by atoms with Crippen LogP contribution in [-0.4, -0.2) is 23.6 Å². The zero-order chi connectivity index (χ0) is 20.0. The van der Waals surface area contributed by atoms with Crippen LogP contribution >= 0.6 is 54.5 Å². The van der Waals surface area contributed by atoms with Gasteiger partial charge in [0.15, 0.2) is 6.61 Å². The molecule has 0 aliphatic carbocycles. The number of ether oxygens (including phenoxy) is 1. The van der Waals surface area contributed by atoms with Gasteiger partial charge in [0.25, 0.3) is 5.91 Å². The average Bonchev–Trinajstić information content (AvgIpc) is 2.60. The molecule has 0 saturated carbocycles. The van der Waals surface area contributed by atoms with Crippen LogP contribution in [0.5, 0.6) is 5.75 Å².